The van der Waals surface area contributed by atoms with Crippen LogP contribution >= 0.6 is 0 Å². The molecule has 2 N–H and O–H groups in total. The first-order chi connectivity index (χ1) is 18.2. The van der Waals surface area contributed by atoms with Crippen molar-refractivity contribution in [3.63, 3.8) is 0 Å². The van der Waals surface area contributed by atoms with Gasteiger partial charge in [-0.05, 0) is 48.5 Å². The lowest BCUT2D eigenvalue weighted by Gasteiger charge is -2.38. The van der Waals surface area contributed by atoms with E-state index in [0.717, 1.165) is 9.80 Å². The van der Waals surface area contributed by atoms with Crippen molar-refractivity contribution < 1.29 is 39.0 Å². The Bertz CT molecular complexity index is 1230. The minimum Gasteiger partial charge on any atom is -0.478 e. The zero-order valence-electron chi connectivity index (χ0n) is 20.1. The van der Waals surface area contributed by atoms with Crippen molar-refractivity contribution in [3.8, 4) is 0 Å². The molecule has 38 heavy (non-hydrogen) atoms. The standard InChI is InChI=1S/C26H24N4O8/c31-21-13-19(23(33)29(21)17-5-1-15(2-6-17)25(35)36)27-9-11-28(12-10-27)20-14-22(32)30(24(20)34)18-7-3-16(4-8-18)26(37)38/h1-8,19-20H,9-14H2,(H,35,36)(H,37,38)/t19-,20-/m0/s1. The molecule has 3 aliphatic rings. The Morgan fingerprint density at radius 2 is 0.895 bits per heavy atom. The quantitative estimate of drug-likeness (QED) is 0.519. The first-order valence-electron chi connectivity index (χ1n) is 12.0. The summed E-state index contributed by atoms with van der Waals surface area (Å²) >= 11 is 0. The van der Waals surface area contributed by atoms with Gasteiger partial charge >= 0.3 is 11.9 Å². The second-order valence-electron chi connectivity index (χ2n) is 9.35. The monoisotopic (exact) mass is 520 g/mol. The van der Waals surface area contributed by atoms with Gasteiger partial charge in [-0.25, -0.2) is 19.4 Å². The van der Waals surface area contributed by atoms with Crippen LogP contribution in [0.25, 0.3) is 0 Å². The molecule has 5 rings (SSSR count). The van der Waals surface area contributed by atoms with Crippen LogP contribution in [0.4, 0.5) is 11.4 Å². The molecule has 2 aromatic rings. The Morgan fingerprint density at radius 3 is 1.18 bits per heavy atom. The molecule has 12 nitrogen and oxygen atoms in total. The maximum Gasteiger partial charge on any atom is 0.335 e. The molecule has 3 fully saturated rings. The smallest absolute Gasteiger partial charge is 0.335 e. The van der Waals surface area contributed by atoms with E-state index in [1.807, 2.05) is 9.80 Å². The van der Waals surface area contributed by atoms with Crippen LogP contribution in [0.5, 0.6) is 0 Å². The van der Waals surface area contributed by atoms with Crippen LogP contribution in [0.3, 0.4) is 0 Å². The van der Waals surface area contributed by atoms with Gasteiger partial charge in [-0.2, -0.15) is 0 Å². The van der Waals surface area contributed by atoms with Gasteiger partial charge in [-0.15, -0.1) is 0 Å². The summed E-state index contributed by atoms with van der Waals surface area (Å²) in [4.78, 5) is 79.7. The van der Waals surface area contributed by atoms with Gasteiger partial charge < -0.3 is 10.2 Å². The average Bonchev–Trinajstić information content (AvgIpc) is 3.37. The number of imide groups is 2. The number of carbonyl (C=O) groups excluding carboxylic acids is 4. The van der Waals surface area contributed by atoms with E-state index in [1.54, 1.807) is 0 Å². The third-order valence-corrected chi connectivity index (χ3v) is 7.22. The fraction of sp³-hybridized carbons (Fsp3) is 0.308. The average molecular weight is 520 g/mol. The van der Waals surface area contributed by atoms with E-state index in [1.165, 1.54) is 48.5 Å². The molecule has 0 unspecified atom stereocenters. The van der Waals surface area contributed by atoms with Crippen LogP contribution in [0.15, 0.2) is 48.5 Å². The second kappa shape index (κ2) is 9.80. The number of hydrogen-bond donors (Lipinski definition) is 2. The number of rotatable bonds is 6. The van der Waals surface area contributed by atoms with Crippen LogP contribution in [0.1, 0.15) is 33.6 Å². The summed E-state index contributed by atoms with van der Waals surface area (Å²) in [7, 11) is 0. The van der Waals surface area contributed by atoms with Gasteiger partial charge in [-0.3, -0.25) is 29.0 Å². The minimum atomic E-state index is -1.10. The van der Waals surface area contributed by atoms with E-state index in [4.69, 9.17) is 10.2 Å². The fourth-order valence-electron chi connectivity index (χ4n) is 5.21. The molecule has 2 aromatic carbocycles. The van der Waals surface area contributed by atoms with E-state index >= 15 is 0 Å². The van der Waals surface area contributed by atoms with Crippen molar-refractivity contribution in [1.82, 2.24) is 9.80 Å². The van der Waals surface area contributed by atoms with E-state index in [2.05, 4.69) is 0 Å². The van der Waals surface area contributed by atoms with Gasteiger partial charge in [0.25, 0.3) is 11.8 Å². The fourth-order valence-corrected chi connectivity index (χ4v) is 5.21. The Morgan fingerprint density at radius 1 is 0.579 bits per heavy atom. The van der Waals surface area contributed by atoms with Crippen molar-refractivity contribution in [2.75, 3.05) is 36.0 Å². The number of amides is 4. The zero-order valence-corrected chi connectivity index (χ0v) is 20.1. The Labute approximate surface area is 216 Å². The summed E-state index contributed by atoms with van der Waals surface area (Å²) < 4.78 is 0. The third kappa shape index (κ3) is 4.44. The first kappa shape index (κ1) is 25.2. The Kier molecular flexibility index (Phi) is 6.51. The molecule has 12 heteroatoms. The predicted octanol–water partition coefficient (Wildman–Crippen LogP) is 0.665. The molecule has 3 heterocycles. The molecule has 0 saturated carbocycles. The molecule has 0 aliphatic carbocycles. The van der Waals surface area contributed by atoms with E-state index < -0.39 is 24.0 Å². The number of carboxylic acids is 2. The summed E-state index contributed by atoms with van der Waals surface area (Å²) in [6.45, 7) is 1.67. The summed E-state index contributed by atoms with van der Waals surface area (Å²) in [6, 6.07) is 9.78. The van der Waals surface area contributed by atoms with Crippen LogP contribution < -0.4 is 9.80 Å². The largest absolute Gasteiger partial charge is 0.478 e. The lowest BCUT2D eigenvalue weighted by atomic mass is 10.1. The van der Waals surface area contributed by atoms with Gasteiger partial charge in [0.05, 0.1) is 47.4 Å². The molecule has 4 amide bonds. The van der Waals surface area contributed by atoms with Crippen LogP contribution in [-0.2, 0) is 19.2 Å². The third-order valence-electron chi connectivity index (χ3n) is 7.22. The molecule has 0 aromatic heterocycles. The minimum absolute atomic E-state index is 0.000473. The van der Waals surface area contributed by atoms with Gasteiger partial charge in [0.15, 0.2) is 0 Å². The molecule has 0 radical (unpaired) electrons. The van der Waals surface area contributed by atoms with Gasteiger partial charge in [-0.1, -0.05) is 0 Å². The highest BCUT2D eigenvalue weighted by atomic mass is 16.4. The van der Waals surface area contributed by atoms with Crippen molar-refractivity contribution in [2.24, 2.45) is 0 Å². The maximum absolute atomic E-state index is 13.1. The molecule has 2 atom stereocenters. The van der Waals surface area contributed by atoms with E-state index in [-0.39, 0.29) is 47.6 Å². The van der Waals surface area contributed by atoms with Crippen molar-refractivity contribution in [3.05, 3.63) is 59.7 Å². The van der Waals surface area contributed by atoms with Gasteiger partial charge in [0.1, 0.15) is 0 Å². The molecule has 196 valence electrons. The molecular formula is C26H24N4O8. The van der Waals surface area contributed by atoms with Crippen molar-refractivity contribution in [2.45, 2.75) is 24.9 Å². The molecular weight excluding hydrogens is 496 g/mol. The normalized spacial score (nSPS) is 22.9. The topological polar surface area (TPSA) is 156 Å². The molecule has 3 saturated heterocycles. The highest BCUT2D eigenvalue weighted by Crippen LogP contribution is 2.29. The maximum atomic E-state index is 13.1. The number of carbonyl (C=O) groups is 6. The van der Waals surface area contributed by atoms with Crippen LogP contribution in [0.2, 0.25) is 0 Å². The number of aromatic carboxylic acids is 2. The summed E-state index contributed by atoms with van der Waals surface area (Å²) in [5, 5.41) is 18.1. The molecule has 0 bridgehead atoms. The van der Waals surface area contributed by atoms with Crippen LogP contribution in [0, 0.1) is 0 Å². The zero-order chi connectivity index (χ0) is 27.1. The predicted molar refractivity (Wildman–Crippen MR) is 132 cm³/mol. The van der Waals surface area contributed by atoms with Crippen molar-refractivity contribution in [1.29, 1.82) is 0 Å². The van der Waals surface area contributed by atoms with E-state index in [0.29, 0.717) is 37.6 Å². The lowest BCUT2D eigenvalue weighted by molar-refractivity contribution is -0.126. The number of nitrogens with zero attached hydrogens (tertiary/aromatic N) is 4. The van der Waals surface area contributed by atoms with Gasteiger partial charge in [0, 0.05) is 26.2 Å². The second-order valence-corrected chi connectivity index (χ2v) is 9.35. The highest BCUT2D eigenvalue weighted by Gasteiger charge is 2.46. The summed E-state index contributed by atoms with van der Waals surface area (Å²) in [5.41, 5.74) is 0.739. The summed E-state index contributed by atoms with van der Waals surface area (Å²) in [6.07, 6.45) is 0.000945. The number of carboxylic acid groups (broad SMARTS) is 2. The lowest BCUT2D eigenvalue weighted by Crippen LogP contribution is -2.56. The van der Waals surface area contributed by atoms with Crippen molar-refractivity contribution >= 4 is 46.9 Å². The van der Waals surface area contributed by atoms with E-state index in [9.17, 15) is 28.8 Å². The molecule has 3 aliphatic heterocycles. The number of piperazine rings is 1. The Balaban J connectivity index is 1.22. The number of benzene rings is 2. The first-order valence-corrected chi connectivity index (χ1v) is 12.0. The number of anilines is 2. The van der Waals surface area contributed by atoms with Crippen LogP contribution in [-0.4, -0.2) is 93.8 Å². The Hall–Kier alpha value is -4.42. The number of hydrogen-bond acceptors (Lipinski definition) is 8. The highest BCUT2D eigenvalue weighted by molar-refractivity contribution is 6.23. The molecule has 0 spiro atoms. The SMILES string of the molecule is O=C(O)c1ccc(N2C(=O)C[C@H](N3CCN([C@H]4CC(=O)N(c5ccc(C(=O)O)cc5)C4=O)CC3)C2=O)cc1. The summed E-state index contributed by atoms with van der Waals surface area (Å²) in [5.74, 6) is -3.71. The van der Waals surface area contributed by atoms with Gasteiger partial charge in [0.2, 0.25) is 11.8 Å².